The van der Waals surface area contributed by atoms with Crippen LogP contribution in [0.4, 0.5) is 11.4 Å². The van der Waals surface area contributed by atoms with Gasteiger partial charge in [0.25, 0.3) is 0 Å². The largest absolute Gasteiger partial charge is 0.325 e. The summed E-state index contributed by atoms with van der Waals surface area (Å²) in [6, 6.07) is 10.2. The lowest BCUT2D eigenvalue weighted by molar-refractivity contribution is -0.116. The van der Waals surface area contributed by atoms with Crippen LogP contribution in [0.3, 0.4) is 0 Å². The molecule has 0 atom stereocenters. The van der Waals surface area contributed by atoms with Crippen LogP contribution in [0.1, 0.15) is 12.5 Å². The Morgan fingerprint density at radius 3 is 2.30 bits per heavy atom. The van der Waals surface area contributed by atoms with Crippen LogP contribution in [-0.4, -0.2) is 11.8 Å². The standard InChI is InChI=1S/C16H13BrCl2N2O2/c1-9(22)20-14-6-5-10(17)7-15(14)21-16(23)8-11-12(18)3-2-4-13(11)19/h2-7H,8H2,1H3,(H,20,22)(H,21,23). The Kier molecular flexibility index (Phi) is 6.04. The smallest absolute Gasteiger partial charge is 0.228 e. The molecule has 0 radical (unpaired) electrons. The average molecular weight is 416 g/mol. The Hall–Kier alpha value is -1.56. The third-order valence-electron chi connectivity index (χ3n) is 2.97. The highest BCUT2D eigenvalue weighted by molar-refractivity contribution is 9.10. The van der Waals surface area contributed by atoms with Gasteiger partial charge in [0.15, 0.2) is 0 Å². The second kappa shape index (κ2) is 7.81. The predicted molar refractivity (Wildman–Crippen MR) is 97.2 cm³/mol. The molecule has 0 spiro atoms. The van der Waals surface area contributed by atoms with Crippen LogP contribution in [0, 0.1) is 0 Å². The Balaban J connectivity index is 2.20. The van der Waals surface area contributed by atoms with Gasteiger partial charge in [-0.05, 0) is 35.9 Å². The molecule has 0 heterocycles. The Bertz CT molecular complexity index is 745. The van der Waals surface area contributed by atoms with Crippen LogP contribution in [0.2, 0.25) is 10.0 Å². The first-order chi connectivity index (χ1) is 10.9. The number of hydrogen-bond acceptors (Lipinski definition) is 2. The number of carbonyl (C=O) groups excluding carboxylic acids is 2. The number of hydrogen-bond donors (Lipinski definition) is 2. The number of benzene rings is 2. The number of nitrogens with one attached hydrogen (secondary N) is 2. The fourth-order valence-electron chi connectivity index (χ4n) is 1.97. The van der Waals surface area contributed by atoms with E-state index in [0.717, 1.165) is 4.47 Å². The molecule has 0 bridgehead atoms. The highest BCUT2D eigenvalue weighted by atomic mass is 79.9. The quantitative estimate of drug-likeness (QED) is 0.746. The normalized spacial score (nSPS) is 10.3. The van der Waals surface area contributed by atoms with Gasteiger partial charge in [0.1, 0.15) is 0 Å². The van der Waals surface area contributed by atoms with E-state index < -0.39 is 0 Å². The Morgan fingerprint density at radius 2 is 1.70 bits per heavy atom. The zero-order valence-electron chi connectivity index (χ0n) is 12.1. The van der Waals surface area contributed by atoms with E-state index in [9.17, 15) is 9.59 Å². The van der Waals surface area contributed by atoms with Crippen LogP contribution in [0.25, 0.3) is 0 Å². The van der Waals surface area contributed by atoms with E-state index in [1.54, 1.807) is 36.4 Å². The third kappa shape index (κ3) is 4.96. The van der Waals surface area contributed by atoms with Crippen LogP contribution < -0.4 is 10.6 Å². The van der Waals surface area contributed by atoms with E-state index >= 15 is 0 Å². The SMILES string of the molecule is CC(=O)Nc1ccc(Br)cc1NC(=O)Cc1c(Cl)cccc1Cl. The monoisotopic (exact) mass is 414 g/mol. The molecule has 2 amide bonds. The minimum Gasteiger partial charge on any atom is -0.325 e. The van der Waals surface area contributed by atoms with Gasteiger partial charge in [-0.3, -0.25) is 9.59 Å². The van der Waals surface area contributed by atoms with E-state index in [0.29, 0.717) is 27.0 Å². The van der Waals surface area contributed by atoms with Gasteiger partial charge >= 0.3 is 0 Å². The number of amides is 2. The van der Waals surface area contributed by atoms with Crippen molar-refractivity contribution >= 4 is 62.3 Å². The molecule has 0 aliphatic rings. The van der Waals surface area contributed by atoms with Crippen molar-refractivity contribution in [1.82, 2.24) is 0 Å². The van der Waals surface area contributed by atoms with Crippen molar-refractivity contribution < 1.29 is 9.59 Å². The molecule has 0 saturated heterocycles. The number of anilines is 2. The summed E-state index contributed by atoms with van der Waals surface area (Å²) in [6.07, 6.45) is 0.0323. The zero-order valence-corrected chi connectivity index (χ0v) is 15.2. The molecule has 4 nitrogen and oxygen atoms in total. The van der Waals surface area contributed by atoms with Gasteiger partial charge in [-0.15, -0.1) is 0 Å². The van der Waals surface area contributed by atoms with Gasteiger partial charge in [0, 0.05) is 21.4 Å². The second-order valence-electron chi connectivity index (χ2n) is 4.80. The predicted octanol–water partition coefficient (Wildman–Crippen LogP) is 4.90. The molecule has 120 valence electrons. The summed E-state index contributed by atoms with van der Waals surface area (Å²) < 4.78 is 0.776. The van der Waals surface area contributed by atoms with E-state index in [1.807, 2.05) is 0 Å². The molecule has 2 aromatic carbocycles. The van der Waals surface area contributed by atoms with Crippen molar-refractivity contribution in [3.63, 3.8) is 0 Å². The zero-order chi connectivity index (χ0) is 17.0. The highest BCUT2D eigenvalue weighted by Crippen LogP contribution is 2.28. The highest BCUT2D eigenvalue weighted by Gasteiger charge is 2.13. The van der Waals surface area contributed by atoms with Crippen molar-refractivity contribution in [1.29, 1.82) is 0 Å². The lowest BCUT2D eigenvalue weighted by Crippen LogP contribution is -2.17. The summed E-state index contributed by atoms with van der Waals surface area (Å²) >= 11 is 15.5. The van der Waals surface area contributed by atoms with Crippen LogP contribution >= 0.6 is 39.1 Å². The third-order valence-corrected chi connectivity index (χ3v) is 4.17. The van der Waals surface area contributed by atoms with Crippen molar-refractivity contribution in [3.8, 4) is 0 Å². The molecule has 0 aliphatic heterocycles. The van der Waals surface area contributed by atoms with Gasteiger partial charge in [-0.1, -0.05) is 45.2 Å². The molecule has 2 aromatic rings. The van der Waals surface area contributed by atoms with E-state index in [-0.39, 0.29) is 18.2 Å². The first-order valence-electron chi connectivity index (χ1n) is 6.66. The van der Waals surface area contributed by atoms with Gasteiger partial charge in [0.05, 0.1) is 17.8 Å². The lowest BCUT2D eigenvalue weighted by Gasteiger charge is -2.13. The molecule has 2 rings (SSSR count). The maximum Gasteiger partial charge on any atom is 0.228 e. The maximum absolute atomic E-state index is 12.3. The van der Waals surface area contributed by atoms with E-state index in [4.69, 9.17) is 23.2 Å². The van der Waals surface area contributed by atoms with Crippen molar-refractivity contribution in [2.24, 2.45) is 0 Å². The Labute approximate surface area is 152 Å². The lowest BCUT2D eigenvalue weighted by atomic mass is 10.1. The number of carbonyl (C=O) groups is 2. The molecule has 2 N–H and O–H groups in total. The molecule has 0 unspecified atom stereocenters. The van der Waals surface area contributed by atoms with Gasteiger partial charge in [0.2, 0.25) is 11.8 Å². The van der Waals surface area contributed by atoms with E-state index in [1.165, 1.54) is 6.92 Å². The minimum atomic E-state index is -0.287. The first kappa shape index (κ1) is 17.8. The van der Waals surface area contributed by atoms with Crippen LogP contribution in [0.15, 0.2) is 40.9 Å². The van der Waals surface area contributed by atoms with Gasteiger partial charge < -0.3 is 10.6 Å². The topological polar surface area (TPSA) is 58.2 Å². The molecule has 0 aromatic heterocycles. The summed E-state index contributed by atoms with van der Waals surface area (Å²) in [4.78, 5) is 23.5. The van der Waals surface area contributed by atoms with E-state index in [2.05, 4.69) is 26.6 Å². The van der Waals surface area contributed by atoms with Crippen molar-refractivity contribution in [2.45, 2.75) is 13.3 Å². The number of halogens is 3. The summed E-state index contributed by atoms with van der Waals surface area (Å²) in [7, 11) is 0. The Morgan fingerprint density at radius 1 is 1.04 bits per heavy atom. The summed E-state index contributed by atoms with van der Waals surface area (Å²) in [5.41, 5.74) is 1.56. The van der Waals surface area contributed by atoms with Gasteiger partial charge in [-0.25, -0.2) is 0 Å². The van der Waals surface area contributed by atoms with Crippen molar-refractivity contribution in [3.05, 3.63) is 56.5 Å². The summed E-state index contributed by atoms with van der Waals surface area (Å²) in [5.74, 6) is -0.512. The fraction of sp³-hybridized carbons (Fsp3) is 0.125. The van der Waals surface area contributed by atoms with Crippen LogP contribution in [0.5, 0.6) is 0 Å². The molecular weight excluding hydrogens is 403 g/mol. The van der Waals surface area contributed by atoms with Crippen molar-refractivity contribution in [2.75, 3.05) is 10.6 Å². The molecule has 7 heteroatoms. The molecule has 23 heavy (non-hydrogen) atoms. The molecule has 0 fully saturated rings. The maximum atomic E-state index is 12.3. The first-order valence-corrected chi connectivity index (χ1v) is 8.21. The number of rotatable bonds is 4. The molecule has 0 aliphatic carbocycles. The van der Waals surface area contributed by atoms with Gasteiger partial charge in [-0.2, -0.15) is 0 Å². The fourth-order valence-corrected chi connectivity index (χ4v) is 2.87. The molecular formula is C16H13BrCl2N2O2. The van der Waals surface area contributed by atoms with Crippen LogP contribution in [-0.2, 0) is 16.0 Å². The summed E-state index contributed by atoms with van der Waals surface area (Å²) in [6.45, 7) is 1.40. The summed E-state index contributed by atoms with van der Waals surface area (Å²) in [5, 5.41) is 6.29. The average Bonchev–Trinajstić information content (AvgIpc) is 2.45. The second-order valence-corrected chi connectivity index (χ2v) is 6.53. The minimum absolute atomic E-state index is 0.0323. The molecule has 0 saturated carbocycles.